The summed E-state index contributed by atoms with van der Waals surface area (Å²) < 4.78 is 16.3. The van der Waals surface area contributed by atoms with E-state index in [0.29, 0.717) is 24.6 Å². The maximum absolute atomic E-state index is 13.6. The molecular weight excluding hydrogens is 565 g/mol. The van der Waals surface area contributed by atoms with E-state index < -0.39 is 30.7 Å². The zero-order valence-corrected chi connectivity index (χ0v) is 25.5. The van der Waals surface area contributed by atoms with E-state index in [1.807, 2.05) is 38.1 Å². The number of fused-ring (bicyclic) bond motifs is 1. The molecule has 44 heavy (non-hydrogen) atoms. The second kappa shape index (κ2) is 14.1. The zero-order valence-electron chi connectivity index (χ0n) is 25.5. The van der Waals surface area contributed by atoms with E-state index in [9.17, 15) is 24.9 Å². The number of carbonyl (C=O) groups is 2. The van der Waals surface area contributed by atoms with Gasteiger partial charge < -0.3 is 34.2 Å². The molecule has 0 spiro atoms. The summed E-state index contributed by atoms with van der Waals surface area (Å²) in [7, 11) is -1.83. The number of likely N-dealkylation sites (tertiary alicyclic amines) is 1. The summed E-state index contributed by atoms with van der Waals surface area (Å²) in [4.78, 5) is 32.8. The van der Waals surface area contributed by atoms with Crippen molar-refractivity contribution in [3.05, 3.63) is 47.7 Å². The van der Waals surface area contributed by atoms with E-state index in [2.05, 4.69) is 21.2 Å². The van der Waals surface area contributed by atoms with Gasteiger partial charge in [-0.05, 0) is 57.2 Å². The molecule has 2 amide bonds. The summed E-state index contributed by atoms with van der Waals surface area (Å²) in [5.41, 5.74) is 0.966. The molecule has 3 aliphatic heterocycles. The fourth-order valence-electron chi connectivity index (χ4n) is 6.30. The van der Waals surface area contributed by atoms with Gasteiger partial charge in [-0.15, -0.1) is 0 Å². The van der Waals surface area contributed by atoms with Crippen LogP contribution in [-0.4, -0.2) is 120 Å². The second-order valence-electron chi connectivity index (χ2n) is 12.4. The summed E-state index contributed by atoms with van der Waals surface area (Å²) in [6.45, 7) is 9.51. The van der Waals surface area contributed by atoms with Crippen molar-refractivity contribution in [3.8, 4) is 6.07 Å². The highest BCUT2D eigenvalue weighted by molar-refractivity contribution is 6.43. The summed E-state index contributed by atoms with van der Waals surface area (Å²) >= 11 is 0. The third-order valence-electron chi connectivity index (χ3n) is 9.07. The molecular formula is C31H42BN5O7. The van der Waals surface area contributed by atoms with Gasteiger partial charge in [0.15, 0.2) is 0 Å². The highest BCUT2D eigenvalue weighted by Gasteiger charge is 2.36. The largest absolute Gasteiger partial charge is 0.475 e. The van der Waals surface area contributed by atoms with Crippen LogP contribution < -0.4 is 5.32 Å². The van der Waals surface area contributed by atoms with Crippen molar-refractivity contribution in [3.63, 3.8) is 0 Å². The number of amides is 2. The van der Waals surface area contributed by atoms with Crippen molar-refractivity contribution < 1.29 is 33.5 Å². The Morgan fingerprint density at radius 3 is 2.61 bits per heavy atom. The lowest BCUT2D eigenvalue weighted by molar-refractivity contribution is -0.131. The number of hydrogen-bond acceptors (Lipinski definition) is 10. The van der Waals surface area contributed by atoms with Crippen molar-refractivity contribution in [2.75, 3.05) is 52.5 Å². The van der Waals surface area contributed by atoms with Gasteiger partial charge in [-0.1, -0.05) is 18.2 Å². The molecule has 1 unspecified atom stereocenters. The maximum atomic E-state index is 13.6. The number of nitriles is 1. The minimum atomic E-state index is -1.83. The number of piperazine rings is 1. The van der Waals surface area contributed by atoms with Crippen LogP contribution in [-0.2, 0) is 20.7 Å². The first kappa shape index (κ1) is 32.0. The first-order valence-corrected chi connectivity index (χ1v) is 15.4. The van der Waals surface area contributed by atoms with Crippen LogP contribution in [0, 0.1) is 11.3 Å². The molecule has 13 heteroatoms. The predicted molar refractivity (Wildman–Crippen MR) is 163 cm³/mol. The van der Waals surface area contributed by atoms with Gasteiger partial charge in [0.05, 0.1) is 37.5 Å². The molecule has 3 saturated heterocycles. The lowest BCUT2D eigenvalue weighted by Crippen LogP contribution is -2.59. The number of ether oxygens (including phenoxy) is 2. The van der Waals surface area contributed by atoms with Gasteiger partial charge in [0.1, 0.15) is 23.8 Å². The van der Waals surface area contributed by atoms with Crippen LogP contribution in [0.1, 0.15) is 38.7 Å². The standard InChI is InChI=1S/C31H42BN5O7/c1-31(2,36-13-11-35(12-14-36)25-19-42-20-25)16-23(17-33)29(38)37-10-6-5-7-24(37)21-44-30(39)34-28(32(40)41)15-22-18-43-27-9-4-3-8-26(22)27/h3-4,8-9,16,18,24-25,28,40-41H,5-7,10-15,19-21H2,1-2H3,(H,34,39)/t24?,28-/m0/s1. The Labute approximate surface area is 258 Å². The quantitative estimate of drug-likeness (QED) is 0.207. The van der Waals surface area contributed by atoms with Gasteiger partial charge >= 0.3 is 13.2 Å². The first-order valence-electron chi connectivity index (χ1n) is 15.4. The second-order valence-corrected chi connectivity index (χ2v) is 12.4. The van der Waals surface area contributed by atoms with Gasteiger partial charge in [0.2, 0.25) is 0 Å². The van der Waals surface area contributed by atoms with E-state index in [-0.39, 0.29) is 24.5 Å². The van der Waals surface area contributed by atoms with Crippen LogP contribution in [0.3, 0.4) is 0 Å². The SMILES string of the molecule is CC(C)(C=C(C#N)C(=O)N1CCCCC1COC(=O)N[C@@H](Cc1coc2ccccc12)B(O)O)N1CCN(C2COC2)CC1. The lowest BCUT2D eigenvalue weighted by atomic mass is 9.76. The number of rotatable bonds is 10. The maximum Gasteiger partial charge on any atom is 0.475 e. The molecule has 0 radical (unpaired) electrons. The molecule has 0 aliphatic carbocycles. The monoisotopic (exact) mass is 607 g/mol. The number of nitrogens with zero attached hydrogens (tertiary/aromatic N) is 4. The van der Waals surface area contributed by atoms with Crippen molar-refractivity contribution in [1.82, 2.24) is 20.0 Å². The molecule has 0 saturated carbocycles. The van der Waals surface area contributed by atoms with Crippen molar-refractivity contribution >= 4 is 30.1 Å². The van der Waals surface area contributed by atoms with E-state index >= 15 is 0 Å². The number of alkyl carbamates (subject to hydrolysis) is 1. The van der Waals surface area contributed by atoms with E-state index in [0.717, 1.165) is 63.2 Å². The Kier molecular flexibility index (Phi) is 10.3. The van der Waals surface area contributed by atoms with Crippen LogP contribution in [0.25, 0.3) is 11.0 Å². The van der Waals surface area contributed by atoms with Gasteiger partial charge in [-0.25, -0.2) is 4.79 Å². The number of benzene rings is 1. The normalized spacial score (nSPS) is 21.4. The Morgan fingerprint density at radius 1 is 1.18 bits per heavy atom. The Hall–Kier alpha value is -3.41. The first-order chi connectivity index (χ1) is 21.2. The molecule has 2 atom stereocenters. The highest BCUT2D eigenvalue weighted by atomic mass is 16.5. The van der Waals surface area contributed by atoms with Gasteiger partial charge in [0, 0.05) is 43.6 Å². The molecule has 1 aromatic heterocycles. The number of nitrogens with one attached hydrogen (secondary N) is 1. The van der Waals surface area contributed by atoms with Crippen molar-refractivity contribution in [1.29, 1.82) is 5.26 Å². The predicted octanol–water partition coefficient (Wildman–Crippen LogP) is 1.71. The molecule has 236 valence electrons. The summed E-state index contributed by atoms with van der Waals surface area (Å²) in [6, 6.07) is 9.58. The molecule has 0 bridgehead atoms. The van der Waals surface area contributed by atoms with Gasteiger partial charge in [-0.2, -0.15) is 5.26 Å². The van der Waals surface area contributed by atoms with Crippen LogP contribution in [0.15, 0.2) is 46.6 Å². The van der Waals surface area contributed by atoms with E-state index in [4.69, 9.17) is 13.9 Å². The van der Waals surface area contributed by atoms with Crippen molar-refractivity contribution in [2.45, 2.75) is 63.1 Å². The van der Waals surface area contributed by atoms with Crippen LogP contribution in [0.4, 0.5) is 4.79 Å². The minimum absolute atomic E-state index is 0.0740. The molecule has 3 aliphatic rings. The molecule has 4 heterocycles. The molecule has 3 fully saturated rings. The van der Waals surface area contributed by atoms with E-state index in [1.165, 1.54) is 6.26 Å². The van der Waals surface area contributed by atoms with Crippen LogP contribution in [0.5, 0.6) is 0 Å². The number of para-hydroxylation sites is 1. The molecule has 12 nitrogen and oxygen atoms in total. The third-order valence-corrected chi connectivity index (χ3v) is 9.07. The van der Waals surface area contributed by atoms with Gasteiger partial charge in [-0.3, -0.25) is 14.6 Å². The fraction of sp³-hybridized carbons (Fsp3) is 0.581. The number of carbonyl (C=O) groups excluding carboxylic acids is 2. The average Bonchev–Trinajstić information content (AvgIpc) is 3.40. The molecule has 1 aromatic carbocycles. The smallest absolute Gasteiger partial charge is 0.464 e. The van der Waals surface area contributed by atoms with Gasteiger partial charge in [0.25, 0.3) is 5.91 Å². The molecule has 5 rings (SSSR count). The number of furan rings is 1. The number of piperidine rings is 1. The molecule has 2 aromatic rings. The summed E-state index contributed by atoms with van der Waals surface area (Å²) in [5, 5.41) is 33.3. The lowest BCUT2D eigenvalue weighted by Gasteiger charge is -2.46. The topological polar surface area (TPSA) is 152 Å². The Balaban J connectivity index is 1.17. The van der Waals surface area contributed by atoms with Crippen LogP contribution >= 0.6 is 0 Å². The zero-order chi connectivity index (χ0) is 31.3. The van der Waals surface area contributed by atoms with E-state index in [1.54, 1.807) is 11.0 Å². The Morgan fingerprint density at radius 2 is 1.93 bits per heavy atom. The highest BCUT2D eigenvalue weighted by Crippen LogP contribution is 2.26. The third kappa shape index (κ3) is 7.45. The molecule has 3 N–H and O–H groups in total. The average molecular weight is 608 g/mol. The summed E-state index contributed by atoms with van der Waals surface area (Å²) in [6.07, 6.45) is 4.88. The number of hydrogen-bond donors (Lipinski definition) is 3. The minimum Gasteiger partial charge on any atom is -0.464 e. The van der Waals surface area contributed by atoms with Crippen molar-refractivity contribution in [2.24, 2.45) is 0 Å². The Bertz CT molecular complexity index is 1380. The van der Waals surface area contributed by atoms with Crippen LogP contribution in [0.2, 0.25) is 0 Å². The summed E-state index contributed by atoms with van der Waals surface area (Å²) in [5.74, 6) is -1.40. The fourth-order valence-corrected chi connectivity index (χ4v) is 6.30.